The number of nitrogens with one attached hydrogen (secondary N) is 1. The minimum absolute atomic E-state index is 0.300. The predicted molar refractivity (Wildman–Crippen MR) is 61.7 cm³/mol. The van der Waals surface area contributed by atoms with Crippen molar-refractivity contribution in [2.45, 2.75) is 13.0 Å². The van der Waals surface area contributed by atoms with E-state index in [1.807, 2.05) is 25.1 Å². The molecule has 5 heteroatoms. The average Bonchev–Trinajstić information content (AvgIpc) is 2.54. The third-order valence-electron chi connectivity index (χ3n) is 2.67. The summed E-state index contributed by atoms with van der Waals surface area (Å²) in [5, 5.41) is 2.27. The molecule has 1 aromatic rings. The van der Waals surface area contributed by atoms with E-state index in [2.05, 4.69) is 5.32 Å². The highest BCUT2D eigenvalue weighted by atomic mass is 16.5. The number of hydrogen-bond acceptors (Lipinski definition) is 3. The van der Waals surface area contributed by atoms with Gasteiger partial charge in [-0.1, -0.05) is 12.1 Å². The summed E-state index contributed by atoms with van der Waals surface area (Å²) in [4.78, 5) is 24.4. The molecule has 0 aliphatic carbocycles. The van der Waals surface area contributed by atoms with Gasteiger partial charge in [0.2, 0.25) is 0 Å². The number of urea groups is 1. The van der Waals surface area contributed by atoms with Gasteiger partial charge in [-0.05, 0) is 24.6 Å². The van der Waals surface area contributed by atoms with E-state index >= 15 is 0 Å². The summed E-state index contributed by atoms with van der Waals surface area (Å²) in [6.45, 7) is 2.46. The fourth-order valence-corrected chi connectivity index (χ4v) is 1.87. The maximum absolute atomic E-state index is 11.7. The van der Waals surface area contributed by atoms with Crippen molar-refractivity contribution in [3.63, 3.8) is 0 Å². The van der Waals surface area contributed by atoms with Gasteiger partial charge >= 0.3 is 6.03 Å². The van der Waals surface area contributed by atoms with Gasteiger partial charge in [0, 0.05) is 7.05 Å². The molecule has 3 amide bonds. The number of carbonyl (C=O) groups excluding carboxylic acids is 2. The van der Waals surface area contributed by atoms with Gasteiger partial charge in [-0.3, -0.25) is 10.1 Å². The van der Waals surface area contributed by atoms with Crippen LogP contribution in [0.25, 0.3) is 0 Å². The van der Waals surface area contributed by atoms with Crippen molar-refractivity contribution in [2.75, 3.05) is 13.7 Å². The van der Waals surface area contributed by atoms with Gasteiger partial charge in [-0.25, -0.2) is 4.79 Å². The van der Waals surface area contributed by atoms with Crippen molar-refractivity contribution in [3.05, 3.63) is 29.8 Å². The lowest BCUT2D eigenvalue weighted by molar-refractivity contribution is -0.121. The smallest absolute Gasteiger partial charge is 0.324 e. The summed E-state index contributed by atoms with van der Waals surface area (Å²) < 4.78 is 5.37. The first-order valence-electron chi connectivity index (χ1n) is 5.44. The standard InChI is InChI=1S/C12H14N2O3/c1-3-17-9-6-4-5-8(7-9)10-11(15)13-12(16)14(10)2/h4-7,10H,3H2,1-2H3,(H,13,15,16). The number of likely N-dealkylation sites (N-methyl/N-ethyl adjacent to an activating group) is 1. The molecule has 17 heavy (non-hydrogen) atoms. The lowest BCUT2D eigenvalue weighted by Crippen LogP contribution is -2.25. The molecule has 0 saturated carbocycles. The normalized spacial score (nSPS) is 19.4. The first-order chi connectivity index (χ1) is 8.13. The van der Waals surface area contributed by atoms with Crippen LogP contribution in [0.5, 0.6) is 5.75 Å². The van der Waals surface area contributed by atoms with Crippen molar-refractivity contribution < 1.29 is 14.3 Å². The Labute approximate surface area is 99.4 Å². The molecule has 0 aromatic heterocycles. The number of benzene rings is 1. The van der Waals surface area contributed by atoms with Crippen molar-refractivity contribution in [1.29, 1.82) is 0 Å². The van der Waals surface area contributed by atoms with Crippen LogP contribution in [0.2, 0.25) is 0 Å². The number of nitrogens with zero attached hydrogens (tertiary/aromatic N) is 1. The van der Waals surface area contributed by atoms with Crippen LogP contribution in [0, 0.1) is 0 Å². The quantitative estimate of drug-likeness (QED) is 0.802. The van der Waals surface area contributed by atoms with E-state index in [9.17, 15) is 9.59 Å². The number of carbonyl (C=O) groups is 2. The van der Waals surface area contributed by atoms with Crippen LogP contribution in [0.1, 0.15) is 18.5 Å². The Balaban J connectivity index is 2.30. The van der Waals surface area contributed by atoms with E-state index in [4.69, 9.17) is 4.74 Å². The molecule has 1 aliphatic heterocycles. The number of hydrogen-bond donors (Lipinski definition) is 1. The molecule has 90 valence electrons. The van der Waals surface area contributed by atoms with Gasteiger partial charge in [0.15, 0.2) is 0 Å². The number of amides is 3. The van der Waals surface area contributed by atoms with Gasteiger partial charge in [0.05, 0.1) is 6.61 Å². The van der Waals surface area contributed by atoms with Crippen LogP contribution < -0.4 is 10.1 Å². The Kier molecular flexibility index (Phi) is 2.99. The zero-order chi connectivity index (χ0) is 12.4. The summed E-state index contributed by atoms with van der Waals surface area (Å²) in [5.41, 5.74) is 0.752. The van der Waals surface area contributed by atoms with E-state index in [0.29, 0.717) is 12.4 Å². The molecule has 1 heterocycles. The molecule has 0 radical (unpaired) electrons. The third-order valence-corrected chi connectivity index (χ3v) is 2.67. The molecule has 0 bridgehead atoms. The molecule has 1 atom stereocenters. The predicted octanol–water partition coefficient (Wildman–Crippen LogP) is 1.31. The Morgan fingerprint density at radius 1 is 1.41 bits per heavy atom. The summed E-state index contributed by atoms with van der Waals surface area (Å²) >= 11 is 0. The molecular formula is C12H14N2O3. The fourth-order valence-electron chi connectivity index (χ4n) is 1.87. The zero-order valence-corrected chi connectivity index (χ0v) is 9.77. The number of rotatable bonds is 3. The highest BCUT2D eigenvalue weighted by Gasteiger charge is 2.36. The van der Waals surface area contributed by atoms with Crippen LogP contribution in [0.15, 0.2) is 24.3 Å². The molecular weight excluding hydrogens is 220 g/mol. The van der Waals surface area contributed by atoms with E-state index in [0.717, 1.165) is 5.56 Å². The van der Waals surface area contributed by atoms with Gasteiger partial charge in [0.1, 0.15) is 11.8 Å². The van der Waals surface area contributed by atoms with Crippen molar-refractivity contribution in [1.82, 2.24) is 10.2 Å². The Bertz CT molecular complexity index is 459. The zero-order valence-electron chi connectivity index (χ0n) is 9.77. The monoisotopic (exact) mass is 234 g/mol. The van der Waals surface area contributed by atoms with Crippen LogP contribution in [-0.4, -0.2) is 30.5 Å². The van der Waals surface area contributed by atoms with E-state index in [-0.39, 0.29) is 11.9 Å². The van der Waals surface area contributed by atoms with E-state index < -0.39 is 6.04 Å². The van der Waals surface area contributed by atoms with E-state index in [1.54, 1.807) is 13.1 Å². The number of imide groups is 1. The Hall–Kier alpha value is -2.04. The number of ether oxygens (including phenoxy) is 1. The second kappa shape index (κ2) is 4.45. The fraction of sp³-hybridized carbons (Fsp3) is 0.333. The van der Waals surface area contributed by atoms with Crippen LogP contribution >= 0.6 is 0 Å². The van der Waals surface area contributed by atoms with Crippen molar-refractivity contribution in [2.24, 2.45) is 0 Å². The van der Waals surface area contributed by atoms with Crippen LogP contribution in [-0.2, 0) is 4.79 Å². The second-order valence-electron chi connectivity index (χ2n) is 3.81. The van der Waals surface area contributed by atoms with Crippen molar-refractivity contribution >= 4 is 11.9 Å². The highest BCUT2D eigenvalue weighted by molar-refractivity contribution is 6.04. The highest BCUT2D eigenvalue weighted by Crippen LogP contribution is 2.26. The SMILES string of the molecule is CCOc1cccc(C2C(=O)NC(=O)N2C)c1. The lowest BCUT2D eigenvalue weighted by Gasteiger charge is -2.17. The summed E-state index contributed by atoms with van der Waals surface area (Å²) in [5.74, 6) is 0.400. The molecule has 1 N–H and O–H groups in total. The Morgan fingerprint density at radius 3 is 2.76 bits per heavy atom. The minimum Gasteiger partial charge on any atom is -0.494 e. The van der Waals surface area contributed by atoms with Gasteiger partial charge in [0.25, 0.3) is 5.91 Å². The van der Waals surface area contributed by atoms with Gasteiger partial charge < -0.3 is 9.64 Å². The largest absolute Gasteiger partial charge is 0.494 e. The molecule has 2 rings (SSSR count). The molecule has 1 aromatic carbocycles. The van der Waals surface area contributed by atoms with Gasteiger partial charge in [-0.2, -0.15) is 0 Å². The third kappa shape index (κ3) is 2.08. The average molecular weight is 234 g/mol. The van der Waals surface area contributed by atoms with Crippen LogP contribution in [0.3, 0.4) is 0 Å². The molecule has 1 fully saturated rings. The molecule has 0 spiro atoms. The van der Waals surface area contributed by atoms with Crippen LogP contribution in [0.4, 0.5) is 4.79 Å². The topological polar surface area (TPSA) is 58.6 Å². The molecule has 5 nitrogen and oxygen atoms in total. The summed E-state index contributed by atoms with van der Waals surface area (Å²) in [6, 6.07) is 6.28. The van der Waals surface area contributed by atoms with Gasteiger partial charge in [-0.15, -0.1) is 0 Å². The molecule has 1 aliphatic rings. The first kappa shape index (κ1) is 11.4. The lowest BCUT2D eigenvalue weighted by atomic mass is 10.1. The summed E-state index contributed by atoms with van der Waals surface area (Å²) in [6.07, 6.45) is 0. The first-order valence-corrected chi connectivity index (χ1v) is 5.44. The Morgan fingerprint density at radius 2 is 2.18 bits per heavy atom. The summed E-state index contributed by atoms with van der Waals surface area (Å²) in [7, 11) is 1.60. The molecule has 1 saturated heterocycles. The minimum atomic E-state index is -0.567. The maximum atomic E-state index is 11.7. The maximum Gasteiger partial charge on any atom is 0.324 e. The molecule has 1 unspecified atom stereocenters. The van der Waals surface area contributed by atoms with E-state index in [1.165, 1.54) is 4.90 Å². The van der Waals surface area contributed by atoms with Crippen molar-refractivity contribution in [3.8, 4) is 5.75 Å². The second-order valence-corrected chi connectivity index (χ2v) is 3.81.